The van der Waals surface area contributed by atoms with Crippen LogP contribution in [0.5, 0.6) is 0 Å². The minimum atomic E-state index is -0.698. The molecule has 1 aromatic heterocycles. The van der Waals surface area contributed by atoms with Crippen LogP contribution in [0.4, 0.5) is 11.4 Å². The van der Waals surface area contributed by atoms with Crippen molar-refractivity contribution in [3.05, 3.63) is 106 Å². The molecule has 4 aromatic rings. The molecule has 0 bridgehead atoms. The summed E-state index contributed by atoms with van der Waals surface area (Å²) in [5, 5.41) is 3.36. The first kappa shape index (κ1) is 18.8. The number of amides is 2. The fourth-order valence-corrected chi connectivity index (χ4v) is 3.82. The maximum absolute atomic E-state index is 12.9. The number of carbonyl (C=O) groups excluding carboxylic acids is 2. The Labute approximate surface area is 177 Å². The van der Waals surface area contributed by atoms with E-state index in [1.54, 1.807) is 53.4 Å². The van der Waals surface area contributed by atoms with Crippen LogP contribution in [-0.4, -0.2) is 18.4 Å². The SMILES string of the molecule is O=C(Nc1ccc(C(=O)N2CCc3ccccc32)cc1)c1cc2ccccc2oc1=O. The summed E-state index contributed by atoms with van der Waals surface area (Å²) >= 11 is 0. The number of hydrogen-bond acceptors (Lipinski definition) is 4. The van der Waals surface area contributed by atoms with Crippen molar-refractivity contribution in [3.63, 3.8) is 0 Å². The normalized spacial score (nSPS) is 12.6. The number of rotatable bonds is 3. The standard InChI is InChI=1S/C25H18N2O4/c28-23(20-15-18-6-2-4-8-22(18)31-25(20)30)26-19-11-9-17(10-12-19)24(29)27-14-13-16-5-1-3-7-21(16)27/h1-12,15H,13-14H2,(H,26,28). The molecule has 1 aliphatic rings. The molecular weight excluding hydrogens is 392 g/mol. The molecule has 0 spiro atoms. The molecule has 1 N–H and O–H groups in total. The zero-order valence-corrected chi connectivity index (χ0v) is 16.5. The molecule has 0 unspecified atom stereocenters. The van der Waals surface area contributed by atoms with Gasteiger partial charge in [0, 0.05) is 28.9 Å². The second-order valence-corrected chi connectivity index (χ2v) is 7.35. The van der Waals surface area contributed by atoms with Crippen molar-refractivity contribution in [1.82, 2.24) is 0 Å². The van der Waals surface area contributed by atoms with Crippen LogP contribution >= 0.6 is 0 Å². The Morgan fingerprint density at radius 2 is 1.65 bits per heavy atom. The lowest BCUT2D eigenvalue weighted by molar-refractivity contribution is 0.0988. The van der Waals surface area contributed by atoms with Crippen molar-refractivity contribution in [1.29, 1.82) is 0 Å². The van der Waals surface area contributed by atoms with E-state index in [9.17, 15) is 14.4 Å². The van der Waals surface area contributed by atoms with E-state index in [1.165, 1.54) is 6.07 Å². The summed E-state index contributed by atoms with van der Waals surface area (Å²) in [5.74, 6) is -0.648. The van der Waals surface area contributed by atoms with Crippen molar-refractivity contribution < 1.29 is 14.0 Å². The highest BCUT2D eigenvalue weighted by atomic mass is 16.4. The summed E-state index contributed by atoms with van der Waals surface area (Å²) in [6.07, 6.45) is 0.838. The fourth-order valence-electron chi connectivity index (χ4n) is 3.82. The van der Waals surface area contributed by atoms with Crippen LogP contribution in [0.2, 0.25) is 0 Å². The van der Waals surface area contributed by atoms with Gasteiger partial charge in [0.05, 0.1) is 0 Å². The predicted molar refractivity (Wildman–Crippen MR) is 119 cm³/mol. The van der Waals surface area contributed by atoms with Gasteiger partial charge in [0.1, 0.15) is 11.1 Å². The van der Waals surface area contributed by atoms with Gasteiger partial charge in [0.15, 0.2) is 0 Å². The van der Waals surface area contributed by atoms with E-state index in [-0.39, 0.29) is 11.5 Å². The highest BCUT2D eigenvalue weighted by molar-refractivity contribution is 6.08. The lowest BCUT2D eigenvalue weighted by atomic mass is 10.1. The van der Waals surface area contributed by atoms with E-state index in [0.29, 0.717) is 28.8 Å². The Kier molecular flexibility index (Phi) is 4.59. The average molecular weight is 410 g/mol. The molecule has 0 atom stereocenters. The minimum absolute atomic E-state index is 0.0764. The molecule has 3 aromatic carbocycles. The van der Waals surface area contributed by atoms with Gasteiger partial charge in [-0.3, -0.25) is 9.59 Å². The van der Waals surface area contributed by atoms with Crippen LogP contribution in [-0.2, 0) is 6.42 Å². The Balaban J connectivity index is 1.34. The molecule has 2 heterocycles. The first-order chi connectivity index (χ1) is 15.1. The maximum atomic E-state index is 12.9. The molecule has 2 amide bonds. The largest absolute Gasteiger partial charge is 0.422 e. The molecule has 0 aliphatic carbocycles. The number of nitrogens with zero attached hydrogens (tertiary/aromatic N) is 1. The lowest BCUT2D eigenvalue weighted by Gasteiger charge is -2.17. The Hall–Kier alpha value is -4.19. The molecule has 5 rings (SSSR count). The van der Waals surface area contributed by atoms with Gasteiger partial charge in [0.25, 0.3) is 11.8 Å². The third-order valence-electron chi connectivity index (χ3n) is 5.41. The summed E-state index contributed by atoms with van der Waals surface area (Å²) in [7, 11) is 0. The van der Waals surface area contributed by atoms with E-state index in [4.69, 9.17) is 4.42 Å². The molecule has 6 heteroatoms. The number of carbonyl (C=O) groups is 2. The molecule has 0 saturated carbocycles. The van der Waals surface area contributed by atoms with Gasteiger partial charge < -0.3 is 14.6 Å². The van der Waals surface area contributed by atoms with Crippen molar-refractivity contribution in [3.8, 4) is 0 Å². The second-order valence-electron chi connectivity index (χ2n) is 7.35. The summed E-state index contributed by atoms with van der Waals surface area (Å²) in [5.41, 5.74) is 2.76. The Morgan fingerprint density at radius 1 is 0.903 bits per heavy atom. The van der Waals surface area contributed by atoms with Crippen molar-refractivity contribution in [2.75, 3.05) is 16.8 Å². The van der Waals surface area contributed by atoms with Gasteiger partial charge >= 0.3 is 5.63 Å². The quantitative estimate of drug-likeness (QED) is 0.512. The van der Waals surface area contributed by atoms with E-state index in [2.05, 4.69) is 5.32 Å². The summed E-state index contributed by atoms with van der Waals surface area (Å²) < 4.78 is 5.22. The number of anilines is 2. The number of benzene rings is 3. The fraction of sp³-hybridized carbons (Fsp3) is 0.0800. The molecule has 6 nitrogen and oxygen atoms in total. The molecule has 31 heavy (non-hydrogen) atoms. The van der Waals surface area contributed by atoms with Gasteiger partial charge in [-0.25, -0.2) is 4.79 Å². The first-order valence-electron chi connectivity index (χ1n) is 9.94. The zero-order valence-electron chi connectivity index (χ0n) is 16.5. The smallest absolute Gasteiger partial charge is 0.349 e. The van der Waals surface area contributed by atoms with Gasteiger partial charge in [-0.15, -0.1) is 0 Å². The first-order valence-corrected chi connectivity index (χ1v) is 9.94. The minimum Gasteiger partial charge on any atom is -0.422 e. The van der Waals surface area contributed by atoms with Crippen LogP contribution in [0.15, 0.2) is 88.1 Å². The van der Waals surface area contributed by atoms with Gasteiger partial charge in [0.2, 0.25) is 0 Å². The Bertz CT molecular complexity index is 1370. The van der Waals surface area contributed by atoms with Gasteiger partial charge in [-0.05, 0) is 54.4 Å². The predicted octanol–water partition coefficient (Wildman–Crippen LogP) is 4.25. The topological polar surface area (TPSA) is 79.6 Å². The van der Waals surface area contributed by atoms with Gasteiger partial charge in [-0.2, -0.15) is 0 Å². The van der Waals surface area contributed by atoms with Crippen LogP contribution in [0.1, 0.15) is 26.3 Å². The molecule has 0 saturated heterocycles. The van der Waals surface area contributed by atoms with Gasteiger partial charge in [-0.1, -0.05) is 36.4 Å². The molecule has 1 aliphatic heterocycles. The highest BCUT2D eigenvalue weighted by Gasteiger charge is 2.25. The van der Waals surface area contributed by atoms with Crippen LogP contribution < -0.4 is 15.8 Å². The molecular formula is C25H18N2O4. The van der Waals surface area contributed by atoms with Crippen LogP contribution in [0.3, 0.4) is 0 Å². The third kappa shape index (κ3) is 3.48. The molecule has 0 fully saturated rings. The van der Waals surface area contributed by atoms with E-state index in [0.717, 1.165) is 17.7 Å². The summed E-state index contributed by atoms with van der Waals surface area (Å²) in [6.45, 7) is 0.647. The summed E-state index contributed by atoms with van der Waals surface area (Å²) in [6, 6.07) is 23.0. The number of nitrogens with one attached hydrogen (secondary N) is 1. The second kappa shape index (κ2) is 7.57. The number of fused-ring (bicyclic) bond motifs is 2. The van der Waals surface area contributed by atoms with Crippen molar-refractivity contribution >= 4 is 34.2 Å². The zero-order chi connectivity index (χ0) is 21.4. The maximum Gasteiger partial charge on any atom is 0.349 e. The van der Waals surface area contributed by atoms with E-state index in [1.807, 2.05) is 24.3 Å². The van der Waals surface area contributed by atoms with Crippen molar-refractivity contribution in [2.45, 2.75) is 6.42 Å². The van der Waals surface area contributed by atoms with Crippen molar-refractivity contribution in [2.24, 2.45) is 0 Å². The van der Waals surface area contributed by atoms with E-state index < -0.39 is 11.5 Å². The van der Waals surface area contributed by atoms with Crippen LogP contribution in [0, 0.1) is 0 Å². The average Bonchev–Trinajstić information content (AvgIpc) is 3.23. The van der Waals surface area contributed by atoms with Crippen LogP contribution in [0.25, 0.3) is 11.0 Å². The monoisotopic (exact) mass is 410 g/mol. The number of para-hydroxylation sites is 2. The van der Waals surface area contributed by atoms with E-state index >= 15 is 0 Å². The lowest BCUT2D eigenvalue weighted by Crippen LogP contribution is -2.28. The summed E-state index contributed by atoms with van der Waals surface area (Å²) in [4.78, 5) is 39.5. The highest BCUT2D eigenvalue weighted by Crippen LogP contribution is 2.29. The molecule has 152 valence electrons. The Morgan fingerprint density at radius 3 is 2.48 bits per heavy atom. The molecule has 0 radical (unpaired) electrons. The number of hydrogen-bond donors (Lipinski definition) is 1. The third-order valence-corrected chi connectivity index (χ3v) is 5.41.